The van der Waals surface area contributed by atoms with Crippen molar-refractivity contribution in [1.82, 2.24) is 5.32 Å². The van der Waals surface area contributed by atoms with E-state index in [-0.39, 0.29) is 5.41 Å². The minimum absolute atomic E-state index is 0.0328. The summed E-state index contributed by atoms with van der Waals surface area (Å²) < 4.78 is 5.90. The second-order valence-corrected chi connectivity index (χ2v) is 6.28. The Morgan fingerprint density at radius 1 is 1.22 bits per heavy atom. The molecule has 0 aliphatic heterocycles. The Morgan fingerprint density at radius 2 is 1.89 bits per heavy atom. The molecule has 1 aromatic carbocycles. The van der Waals surface area contributed by atoms with Gasteiger partial charge in [0.1, 0.15) is 11.3 Å². The van der Waals surface area contributed by atoms with Crippen molar-refractivity contribution in [2.75, 3.05) is 7.05 Å². The van der Waals surface area contributed by atoms with E-state index in [1.165, 1.54) is 0 Å². The highest BCUT2D eigenvalue weighted by Crippen LogP contribution is 2.40. The van der Waals surface area contributed by atoms with Gasteiger partial charge < -0.3 is 9.73 Å². The number of fused-ring (bicyclic) bond motifs is 1. The first-order valence-electron chi connectivity index (χ1n) is 5.90. The van der Waals surface area contributed by atoms with Gasteiger partial charge in [-0.15, -0.1) is 0 Å². The van der Waals surface area contributed by atoms with Gasteiger partial charge in [-0.25, -0.2) is 0 Å². The maximum Gasteiger partial charge on any atom is 0.137 e. The van der Waals surface area contributed by atoms with E-state index in [0.29, 0.717) is 16.6 Å². The van der Waals surface area contributed by atoms with Gasteiger partial charge in [-0.1, -0.05) is 44.0 Å². The number of benzene rings is 1. The normalized spacial score (nSPS) is 12.3. The molecule has 0 radical (unpaired) electrons. The second kappa shape index (κ2) is 4.76. The summed E-state index contributed by atoms with van der Waals surface area (Å²) in [5.41, 5.74) is 1.87. The lowest BCUT2D eigenvalue weighted by molar-refractivity contribution is 0.495. The largest absolute Gasteiger partial charge is 0.459 e. The Hall–Kier alpha value is -0.700. The third-order valence-corrected chi connectivity index (χ3v) is 3.38. The summed E-state index contributed by atoms with van der Waals surface area (Å²) in [5.74, 6) is 0.921. The number of hydrogen-bond donors (Lipinski definition) is 1. The summed E-state index contributed by atoms with van der Waals surface area (Å²) in [7, 11) is 1.90. The lowest BCUT2D eigenvalue weighted by Crippen LogP contribution is -2.16. The summed E-state index contributed by atoms with van der Waals surface area (Å²) in [4.78, 5) is 0. The standard InChI is InChI=1S/C14H17Cl2NO/c1-14(2,3)13-11(7-17-4)18-10-6-8(15)5-9(16)12(10)13/h5-6,17H,7H2,1-4H3. The van der Waals surface area contributed by atoms with Crippen LogP contribution in [0, 0.1) is 0 Å². The SMILES string of the molecule is CNCc1oc2cc(Cl)cc(Cl)c2c1C(C)(C)C. The fraction of sp³-hybridized carbons (Fsp3) is 0.429. The zero-order chi connectivity index (χ0) is 13.5. The van der Waals surface area contributed by atoms with Crippen molar-refractivity contribution >= 4 is 34.2 Å². The second-order valence-electron chi connectivity index (χ2n) is 5.44. The molecule has 18 heavy (non-hydrogen) atoms. The molecule has 0 saturated carbocycles. The average molecular weight is 286 g/mol. The molecular weight excluding hydrogens is 269 g/mol. The van der Waals surface area contributed by atoms with Crippen LogP contribution in [0.25, 0.3) is 11.0 Å². The fourth-order valence-electron chi connectivity index (χ4n) is 2.27. The van der Waals surface area contributed by atoms with Gasteiger partial charge in [-0.2, -0.15) is 0 Å². The van der Waals surface area contributed by atoms with E-state index in [9.17, 15) is 0 Å². The van der Waals surface area contributed by atoms with Gasteiger partial charge in [0.25, 0.3) is 0 Å². The highest BCUT2D eigenvalue weighted by atomic mass is 35.5. The predicted molar refractivity (Wildman–Crippen MR) is 77.7 cm³/mol. The molecule has 0 saturated heterocycles. The van der Waals surface area contributed by atoms with E-state index >= 15 is 0 Å². The molecule has 1 aromatic heterocycles. The van der Waals surface area contributed by atoms with Crippen LogP contribution in [0.4, 0.5) is 0 Å². The van der Waals surface area contributed by atoms with Crippen molar-refractivity contribution in [2.24, 2.45) is 0 Å². The van der Waals surface area contributed by atoms with Crippen molar-refractivity contribution in [1.29, 1.82) is 0 Å². The van der Waals surface area contributed by atoms with Gasteiger partial charge in [-0.05, 0) is 18.5 Å². The quantitative estimate of drug-likeness (QED) is 0.861. The molecule has 2 rings (SSSR count). The van der Waals surface area contributed by atoms with Crippen LogP contribution in [0.2, 0.25) is 10.0 Å². The zero-order valence-electron chi connectivity index (χ0n) is 11.0. The number of nitrogens with one attached hydrogen (secondary N) is 1. The first-order valence-corrected chi connectivity index (χ1v) is 6.65. The van der Waals surface area contributed by atoms with Crippen LogP contribution in [0.5, 0.6) is 0 Å². The van der Waals surface area contributed by atoms with Crippen molar-refractivity contribution in [2.45, 2.75) is 32.7 Å². The first kappa shape index (κ1) is 13.7. The topological polar surface area (TPSA) is 25.2 Å². The third-order valence-electron chi connectivity index (χ3n) is 2.87. The van der Waals surface area contributed by atoms with E-state index < -0.39 is 0 Å². The minimum atomic E-state index is -0.0328. The monoisotopic (exact) mass is 285 g/mol. The van der Waals surface area contributed by atoms with Crippen LogP contribution in [-0.4, -0.2) is 7.05 Å². The number of rotatable bonds is 2. The highest BCUT2D eigenvalue weighted by molar-refractivity contribution is 6.38. The predicted octanol–water partition coefficient (Wildman–Crippen LogP) is 4.76. The molecule has 2 aromatic rings. The molecule has 98 valence electrons. The van der Waals surface area contributed by atoms with Crippen molar-refractivity contribution < 1.29 is 4.42 Å². The number of furan rings is 1. The molecule has 0 bridgehead atoms. The highest BCUT2D eigenvalue weighted by Gasteiger charge is 2.26. The van der Waals surface area contributed by atoms with Gasteiger partial charge in [0, 0.05) is 22.0 Å². The molecule has 0 atom stereocenters. The maximum absolute atomic E-state index is 6.32. The Labute approximate surface area is 117 Å². The molecular formula is C14H17Cl2NO. The van der Waals surface area contributed by atoms with Crippen molar-refractivity contribution in [3.63, 3.8) is 0 Å². The van der Waals surface area contributed by atoms with Crippen molar-refractivity contribution in [3.05, 3.63) is 33.5 Å². The number of halogens is 2. The first-order chi connectivity index (χ1) is 8.34. The molecule has 0 amide bonds. The molecule has 0 fully saturated rings. The van der Waals surface area contributed by atoms with Crippen LogP contribution in [0.3, 0.4) is 0 Å². The maximum atomic E-state index is 6.32. The van der Waals surface area contributed by atoms with Crippen LogP contribution in [-0.2, 0) is 12.0 Å². The summed E-state index contributed by atoms with van der Waals surface area (Å²) in [5, 5.41) is 5.33. The summed E-state index contributed by atoms with van der Waals surface area (Å²) in [6, 6.07) is 3.58. The Morgan fingerprint density at radius 3 is 2.44 bits per heavy atom. The van der Waals surface area contributed by atoms with E-state index in [1.807, 2.05) is 13.1 Å². The third kappa shape index (κ3) is 2.37. The summed E-state index contributed by atoms with van der Waals surface area (Å²) in [6.07, 6.45) is 0. The Kier molecular flexibility index (Phi) is 3.63. The van der Waals surface area contributed by atoms with Crippen LogP contribution < -0.4 is 5.32 Å². The molecule has 2 nitrogen and oxygen atoms in total. The average Bonchev–Trinajstić information content (AvgIpc) is 2.55. The Bertz CT molecular complexity index is 581. The summed E-state index contributed by atoms with van der Waals surface area (Å²) in [6.45, 7) is 7.14. The lowest BCUT2D eigenvalue weighted by Gasteiger charge is -2.19. The van der Waals surface area contributed by atoms with E-state index in [1.54, 1.807) is 6.07 Å². The van der Waals surface area contributed by atoms with Crippen LogP contribution >= 0.6 is 23.2 Å². The molecule has 0 aliphatic rings. The molecule has 1 heterocycles. The van der Waals surface area contributed by atoms with Crippen LogP contribution in [0.1, 0.15) is 32.1 Å². The fourth-order valence-corrected chi connectivity index (χ4v) is 2.84. The summed E-state index contributed by atoms with van der Waals surface area (Å²) >= 11 is 12.3. The zero-order valence-corrected chi connectivity index (χ0v) is 12.5. The molecule has 1 N–H and O–H groups in total. The van der Waals surface area contributed by atoms with Gasteiger partial charge in [-0.3, -0.25) is 0 Å². The lowest BCUT2D eigenvalue weighted by atomic mass is 9.84. The van der Waals surface area contributed by atoms with Crippen molar-refractivity contribution in [3.8, 4) is 0 Å². The van der Waals surface area contributed by atoms with Gasteiger partial charge in [0.2, 0.25) is 0 Å². The van der Waals surface area contributed by atoms with Gasteiger partial charge in [0.15, 0.2) is 0 Å². The van der Waals surface area contributed by atoms with E-state index in [4.69, 9.17) is 27.6 Å². The van der Waals surface area contributed by atoms with Crippen LogP contribution in [0.15, 0.2) is 16.5 Å². The molecule has 0 aliphatic carbocycles. The smallest absolute Gasteiger partial charge is 0.137 e. The molecule has 0 unspecified atom stereocenters. The molecule has 0 spiro atoms. The minimum Gasteiger partial charge on any atom is -0.459 e. The Balaban J connectivity index is 2.81. The van der Waals surface area contributed by atoms with E-state index in [0.717, 1.165) is 22.3 Å². The van der Waals surface area contributed by atoms with Gasteiger partial charge in [0.05, 0.1) is 11.6 Å². The number of hydrogen-bond acceptors (Lipinski definition) is 2. The van der Waals surface area contributed by atoms with E-state index in [2.05, 4.69) is 26.1 Å². The molecule has 4 heteroatoms. The van der Waals surface area contributed by atoms with Gasteiger partial charge >= 0.3 is 0 Å².